The standard InChI is InChI=1S/C14H28N2O/c1-4-15-10-13(17)16-11-14(2,3)12-8-6-5-7-9-12/h12,15H,4-11H2,1-3H3,(H,16,17). The molecule has 0 heterocycles. The molecular weight excluding hydrogens is 212 g/mol. The zero-order chi connectivity index (χ0) is 12.7. The lowest BCUT2D eigenvalue weighted by molar-refractivity contribution is -0.120. The quantitative estimate of drug-likeness (QED) is 0.748. The summed E-state index contributed by atoms with van der Waals surface area (Å²) in [6.07, 6.45) is 6.77. The van der Waals surface area contributed by atoms with E-state index in [0.29, 0.717) is 6.54 Å². The first-order chi connectivity index (χ1) is 8.06. The zero-order valence-corrected chi connectivity index (χ0v) is 11.6. The maximum atomic E-state index is 11.6. The number of carbonyl (C=O) groups is 1. The molecule has 0 unspecified atom stereocenters. The predicted octanol–water partition coefficient (Wildman–Crippen LogP) is 2.32. The first-order valence-corrected chi connectivity index (χ1v) is 7.03. The largest absolute Gasteiger partial charge is 0.354 e. The van der Waals surface area contributed by atoms with E-state index in [4.69, 9.17) is 0 Å². The fourth-order valence-corrected chi connectivity index (χ4v) is 2.66. The molecule has 0 saturated heterocycles. The van der Waals surface area contributed by atoms with Crippen LogP contribution in [0.1, 0.15) is 52.9 Å². The monoisotopic (exact) mass is 240 g/mol. The second kappa shape index (κ2) is 7.00. The molecule has 1 aliphatic carbocycles. The van der Waals surface area contributed by atoms with Gasteiger partial charge in [0.2, 0.25) is 5.91 Å². The van der Waals surface area contributed by atoms with Crippen molar-refractivity contribution >= 4 is 5.91 Å². The van der Waals surface area contributed by atoms with Crippen LogP contribution < -0.4 is 10.6 Å². The molecule has 0 bridgehead atoms. The summed E-state index contributed by atoms with van der Waals surface area (Å²) in [5.74, 6) is 0.895. The summed E-state index contributed by atoms with van der Waals surface area (Å²) in [5.41, 5.74) is 0.238. The predicted molar refractivity (Wildman–Crippen MR) is 71.9 cm³/mol. The van der Waals surface area contributed by atoms with Gasteiger partial charge in [-0.25, -0.2) is 0 Å². The Bertz CT molecular complexity index is 232. The number of hydrogen-bond acceptors (Lipinski definition) is 2. The minimum absolute atomic E-state index is 0.121. The van der Waals surface area contributed by atoms with Crippen molar-refractivity contribution in [3.05, 3.63) is 0 Å². The van der Waals surface area contributed by atoms with Crippen LogP contribution in [0, 0.1) is 11.3 Å². The highest BCUT2D eigenvalue weighted by Gasteiger charge is 2.30. The van der Waals surface area contributed by atoms with Gasteiger partial charge in [0.25, 0.3) is 0 Å². The molecule has 0 aliphatic heterocycles. The fourth-order valence-electron chi connectivity index (χ4n) is 2.66. The molecule has 0 aromatic rings. The van der Waals surface area contributed by atoms with Crippen molar-refractivity contribution in [3.8, 4) is 0 Å². The first kappa shape index (κ1) is 14.5. The topological polar surface area (TPSA) is 41.1 Å². The van der Waals surface area contributed by atoms with Crippen LogP contribution in [0.4, 0.5) is 0 Å². The lowest BCUT2D eigenvalue weighted by Gasteiger charge is -2.37. The summed E-state index contributed by atoms with van der Waals surface area (Å²) < 4.78 is 0. The molecule has 1 rings (SSSR count). The van der Waals surface area contributed by atoms with Gasteiger partial charge >= 0.3 is 0 Å². The van der Waals surface area contributed by atoms with E-state index in [2.05, 4.69) is 24.5 Å². The Morgan fingerprint density at radius 2 is 1.88 bits per heavy atom. The highest BCUT2D eigenvalue weighted by molar-refractivity contribution is 5.77. The maximum Gasteiger partial charge on any atom is 0.233 e. The van der Waals surface area contributed by atoms with Gasteiger partial charge < -0.3 is 10.6 Å². The Morgan fingerprint density at radius 1 is 1.24 bits per heavy atom. The number of nitrogens with one attached hydrogen (secondary N) is 2. The zero-order valence-electron chi connectivity index (χ0n) is 11.6. The highest BCUT2D eigenvalue weighted by atomic mass is 16.1. The van der Waals surface area contributed by atoms with Gasteiger partial charge in [-0.15, -0.1) is 0 Å². The Morgan fingerprint density at radius 3 is 2.47 bits per heavy atom. The molecule has 1 fully saturated rings. The molecule has 100 valence electrons. The number of amides is 1. The summed E-state index contributed by atoms with van der Waals surface area (Å²) in [6, 6.07) is 0. The van der Waals surface area contributed by atoms with Gasteiger partial charge in [-0.05, 0) is 30.7 Å². The summed E-state index contributed by atoms with van der Waals surface area (Å²) in [6.45, 7) is 8.69. The average molecular weight is 240 g/mol. The molecular formula is C14H28N2O. The molecule has 17 heavy (non-hydrogen) atoms. The average Bonchev–Trinajstić information content (AvgIpc) is 2.35. The number of hydrogen-bond donors (Lipinski definition) is 2. The molecule has 1 aliphatic rings. The fraction of sp³-hybridized carbons (Fsp3) is 0.929. The van der Waals surface area contributed by atoms with E-state index in [0.717, 1.165) is 19.0 Å². The number of rotatable bonds is 6. The minimum atomic E-state index is 0.121. The second-order valence-electron chi connectivity index (χ2n) is 5.88. The van der Waals surface area contributed by atoms with Crippen LogP contribution in [-0.2, 0) is 4.79 Å². The first-order valence-electron chi connectivity index (χ1n) is 7.03. The highest BCUT2D eigenvalue weighted by Crippen LogP contribution is 2.37. The second-order valence-corrected chi connectivity index (χ2v) is 5.88. The van der Waals surface area contributed by atoms with E-state index in [9.17, 15) is 4.79 Å². The minimum Gasteiger partial charge on any atom is -0.354 e. The van der Waals surface area contributed by atoms with E-state index in [1.165, 1.54) is 32.1 Å². The van der Waals surface area contributed by atoms with Crippen molar-refractivity contribution in [1.29, 1.82) is 0 Å². The Hall–Kier alpha value is -0.570. The van der Waals surface area contributed by atoms with Crippen LogP contribution in [0.25, 0.3) is 0 Å². The molecule has 0 aromatic heterocycles. The van der Waals surface area contributed by atoms with Crippen molar-refractivity contribution in [2.75, 3.05) is 19.6 Å². The van der Waals surface area contributed by atoms with Crippen LogP contribution >= 0.6 is 0 Å². The van der Waals surface area contributed by atoms with Crippen LogP contribution in [0.5, 0.6) is 0 Å². The van der Waals surface area contributed by atoms with Gasteiger partial charge in [0, 0.05) is 6.54 Å². The van der Waals surface area contributed by atoms with Crippen molar-refractivity contribution < 1.29 is 4.79 Å². The van der Waals surface area contributed by atoms with E-state index in [1.807, 2.05) is 6.92 Å². The number of likely N-dealkylation sites (N-methyl/N-ethyl adjacent to an activating group) is 1. The maximum absolute atomic E-state index is 11.6. The molecule has 3 heteroatoms. The van der Waals surface area contributed by atoms with Crippen molar-refractivity contribution in [2.24, 2.45) is 11.3 Å². The molecule has 0 spiro atoms. The molecule has 0 aromatic carbocycles. The summed E-state index contributed by atoms with van der Waals surface area (Å²) in [5, 5.41) is 6.11. The van der Waals surface area contributed by atoms with E-state index in [-0.39, 0.29) is 11.3 Å². The molecule has 0 radical (unpaired) electrons. The smallest absolute Gasteiger partial charge is 0.233 e. The van der Waals surface area contributed by atoms with E-state index in [1.54, 1.807) is 0 Å². The van der Waals surface area contributed by atoms with Gasteiger partial charge in [-0.3, -0.25) is 4.79 Å². The lowest BCUT2D eigenvalue weighted by Crippen LogP contribution is -2.42. The van der Waals surface area contributed by atoms with Crippen LogP contribution in [0.15, 0.2) is 0 Å². The SMILES string of the molecule is CCNCC(=O)NCC(C)(C)C1CCCCC1. The Balaban J connectivity index is 2.29. The third-order valence-electron chi connectivity index (χ3n) is 3.99. The Kier molecular flexibility index (Phi) is 5.96. The summed E-state index contributed by atoms with van der Waals surface area (Å²) in [4.78, 5) is 11.6. The molecule has 1 amide bonds. The Labute approximate surface area is 106 Å². The summed E-state index contributed by atoms with van der Waals surface area (Å²) >= 11 is 0. The van der Waals surface area contributed by atoms with Gasteiger partial charge in [0.1, 0.15) is 0 Å². The van der Waals surface area contributed by atoms with Gasteiger partial charge in [-0.2, -0.15) is 0 Å². The van der Waals surface area contributed by atoms with Gasteiger partial charge in [0.05, 0.1) is 6.54 Å². The molecule has 3 nitrogen and oxygen atoms in total. The lowest BCUT2D eigenvalue weighted by atomic mass is 9.71. The molecule has 1 saturated carbocycles. The summed E-state index contributed by atoms with van der Waals surface area (Å²) in [7, 11) is 0. The van der Waals surface area contributed by atoms with E-state index < -0.39 is 0 Å². The van der Waals surface area contributed by atoms with Gasteiger partial charge in [-0.1, -0.05) is 40.0 Å². The van der Waals surface area contributed by atoms with E-state index >= 15 is 0 Å². The van der Waals surface area contributed by atoms with Gasteiger partial charge in [0.15, 0.2) is 0 Å². The molecule has 0 atom stereocenters. The molecule has 2 N–H and O–H groups in total. The van der Waals surface area contributed by atoms with Crippen LogP contribution in [0.3, 0.4) is 0 Å². The van der Waals surface area contributed by atoms with Crippen molar-refractivity contribution in [2.45, 2.75) is 52.9 Å². The third-order valence-corrected chi connectivity index (χ3v) is 3.99. The van der Waals surface area contributed by atoms with Crippen LogP contribution in [-0.4, -0.2) is 25.5 Å². The van der Waals surface area contributed by atoms with Crippen LogP contribution in [0.2, 0.25) is 0 Å². The third kappa shape index (κ3) is 5.07. The van der Waals surface area contributed by atoms with Crippen molar-refractivity contribution in [3.63, 3.8) is 0 Å². The number of carbonyl (C=O) groups excluding carboxylic acids is 1. The van der Waals surface area contributed by atoms with Crippen molar-refractivity contribution in [1.82, 2.24) is 10.6 Å². The normalized spacial score (nSPS) is 18.1.